The van der Waals surface area contributed by atoms with Crippen LogP contribution in [0.3, 0.4) is 0 Å². The lowest BCUT2D eigenvalue weighted by Crippen LogP contribution is -2.36. The molecule has 6 nitrogen and oxygen atoms in total. The number of hydrogen-bond donors (Lipinski definition) is 2. The molecule has 2 rings (SSSR count). The minimum atomic E-state index is -0.429. The summed E-state index contributed by atoms with van der Waals surface area (Å²) in [5.74, 6) is 0.485. The highest BCUT2D eigenvalue weighted by Crippen LogP contribution is 2.29. The third-order valence-corrected chi connectivity index (χ3v) is 3.66. The molecule has 0 spiro atoms. The molecule has 2 N–H and O–H groups in total. The van der Waals surface area contributed by atoms with E-state index < -0.39 is 11.0 Å². The number of nitro groups is 1. The number of ether oxygens (including phenoxy) is 1. The van der Waals surface area contributed by atoms with Gasteiger partial charge >= 0.3 is 0 Å². The monoisotopic (exact) mass is 294 g/mol. The van der Waals surface area contributed by atoms with Crippen LogP contribution in [-0.4, -0.2) is 28.8 Å². The molecule has 2 unspecified atom stereocenters. The fourth-order valence-electron chi connectivity index (χ4n) is 2.57. The van der Waals surface area contributed by atoms with E-state index in [1.54, 1.807) is 6.07 Å². The lowest BCUT2D eigenvalue weighted by Gasteiger charge is -2.29. The fraction of sp³-hybridized carbons (Fsp3) is 0.600. The zero-order chi connectivity index (χ0) is 15.2. The van der Waals surface area contributed by atoms with Crippen LogP contribution in [0.1, 0.15) is 39.0 Å². The van der Waals surface area contributed by atoms with Crippen LogP contribution in [0.5, 0.6) is 5.75 Å². The summed E-state index contributed by atoms with van der Waals surface area (Å²) in [6, 6.07) is 4.61. The fourth-order valence-corrected chi connectivity index (χ4v) is 2.57. The van der Waals surface area contributed by atoms with Gasteiger partial charge in [0.05, 0.1) is 29.7 Å². The number of nitrogens with one attached hydrogen (secondary N) is 1. The van der Waals surface area contributed by atoms with Gasteiger partial charge in [-0.15, -0.1) is 0 Å². The quantitative estimate of drug-likeness (QED) is 0.622. The largest absolute Gasteiger partial charge is 0.493 e. The van der Waals surface area contributed by atoms with Gasteiger partial charge in [0, 0.05) is 17.8 Å². The molecule has 1 aliphatic carbocycles. The lowest BCUT2D eigenvalue weighted by atomic mass is 9.92. The molecular formula is C15H22N2O4. The SMILES string of the molecule is CCCOc1cc(NC2CCCCC2O)cc([N+](=O)[O-])c1. The highest BCUT2D eigenvalue weighted by molar-refractivity contribution is 5.57. The molecule has 0 heterocycles. The van der Waals surface area contributed by atoms with E-state index in [-0.39, 0.29) is 11.7 Å². The summed E-state index contributed by atoms with van der Waals surface area (Å²) < 4.78 is 5.50. The minimum absolute atomic E-state index is 0.00333. The Kier molecular flexibility index (Phi) is 5.38. The van der Waals surface area contributed by atoms with Crippen molar-refractivity contribution < 1.29 is 14.8 Å². The second kappa shape index (κ2) is 7.26. The van der Waals surface area contributed by atoms with Gasteiger partial charge in [0.1, 0.15) is 5.75 Å². The normalized spacial score (nSPS) is 21.8. The van der Waals surface area contributed by atoms with E-state index in [2.05, 4.69) is 5.32 Å². The number of aliphatic hydroxyl groups is 1. The predicted molar refractivity (Wildman–Crippen MR) is 80.8 cm³/mol. The van der Waals surface area contributed by atoms with Gasteiger partial charge in [0.25, 0.3) is 5.69 Å². The van der Waals surface area contributed by atoms with E-state index in [4.69, 9.17) is 4.74 Å². The lowest BCUT2D eigenvalue weighted by molar-refractivity contribution is -0.384. The Bertz CT molecular complexity index is 493. The Morgan fingerprint density at radius 1 is 1.38 bits per heavy atom. The molecule has 0 amide bonds. The summed E-state index contributed by atoms with van der Waals surface area (Å²) >= 11 is 0. The van der Waals surface area contributed by atoms with Crippen LogP contribution < -0.4 is 10.1 Å². The second-order valence-electron chi connectivity index (χ2n) is 5.42. The zero-order valence-corrected chi connectivity index (χ0v) is 12.2. The molecule has 6 heteroatoms. The minimum Gasteiger partial charge on any atom is -0.493 e. The summed E-state index contributed by atoms with van der Waals surface area (Å²) in [5, 5.41) is 24.2. The number of benzene rings is 1. The van der Waals surface area contributed by atoms with Crippen molar-refractivity contribution in [2.75, 3.05) is 11.9 Å². The number of nitrogens with zero attached hydrogens (tertiary/aromatic N) is 1. The number of anilines is 1. The third kappa shape index (κ3) is 4.32. The van der Waals surface area contributed by atoms with Gasteiger partial charge in [0.2, 0.25) is 0 Å². The van der Waals surface area contributed by atoms with Gasteiger partial charge in [-0.2, -0.15) is 0 Å². The highest BCUT2D eigenvalue weighted by Gasteiger charge is 2.23. The molecular weight excluding hydrogens is 272 g/mol. The van der Waals surface area contributed by atoms with Crippen molar-refractivity contribution >= 4 is 11.4 Å². The predicted octanol–water partition coefficient (Wildman–Crippen LogP) is 3.10. The molecule has 116 valence electrons. The molecule has 1 aromatic carbocycles. The van der Waals surface area contributed by atoms with Crippen LogP contribution in [-0.2, 0) is 0 Å². The van der Waals surface area contributed by atoms with Crippen LogP contribution in [0.25, 0.3) is 0 Å². The Balaban J connectivity index is 2.16. The van der Waals surface area contributed by atoms with E-state index in [1.807, 2.05) is 6.92 Å². The van der Waals surface area contributed by atoms with Crippen molar-refractivity contribution in [2.24, 2.45) is 0 Å². The Morgan fingerprint density at radius 2 is 2.14 bits per heavy atom. The topological polar surface area (TPSA) is 84.6 Å². The van der Waals surface area contributed by atoms with Crippen LogP contribution in [0.4, 0.5) is 11.4 Å². The smallest absolute Gasteiger partial charge is 0.275 e. The van der Waals surface area contributed by atoms with Crippen molar-refractivity contribution in [3.05, 3.63) is 28.3 Å². The van der Waals surface area contributed by atoms with Crippen LogP contribution in [0, 0.1) is 10.1 Å². The first-order chi connectivity index (χ1) is 10.1. The maximum absolute atomic E-state index is 11.0. The van der Waals surface area contributed by atoms with Crippen molar-refractivity contribution in [1.29, 1.82) is 0 Å². The van der Waals surface area contributed by atoms with Crippen molar-refractivity contribution in [2.45, 2.75) is 51.2 Å². The summed E-state index contributed by atoms with van der Waals surface area (Å²) in [6.45, 7) is 2.50. The molecule has 2 atom stereocenters. The average Bonchev–Trinajstić information content (AvgIpc) is 2.47. The first kappa shape index (κ1) is 15.6. The number of rotatable bonds is 6. The van der Waals surface area contributed by atoms with Crippen LogP contribution in [0.15, 0.2) is 18.2 Å². The molecule has 0 aliphatic heterocycles. The van der Waals surface area contributed by atoms with Gasteiger partial charge in [-0.05, 0) is 19.3 Å². The molecule has 1 fully saturated rings. The van der Waals surface area contributed by atoms with E-state index in [0.717, 1.165) is 32.1 Å². The molecule has 1 saturated carbocycles. The molecule has 21 heavy (non-hydrogen) atoms. The summed E-state index contributed by atoms with van der Waals surface area (Å²) in [7, 11) is 0. The Labute approximate surface area is 124 Å². The summed E-state index contributed by atoms with van der Waals surface area (Å²) in [4.78, 5) is 10.6. The third-order valence-electron chi connectivity index (χ3n) is 3.66. The van der Waals surface area contributed by atoms with Crippen molar-refractivity contribution in [1.82, 2.24) is 0 Å². The van der Waals surface area contributed by atoms with E-state index in [0.29, 0.717) is 18.0 Å². The molecule has 0 saturated heterocycles. The van der Waals surface area contributed by atoms with Crippen LogP contribution in [0.2, 0.25) is 0 Å². The summed E-state index contributed by atoms with van der Waals surface area (Å²) in [6.07, 6.45) is 4.16. The zero-order valence-electron chi connectivity index (χ0n) is 12.2. The molecule has 0 bridgehead atoms. The van der Waals surface area contributed by atoms with Crippen molar-refractivity contribution in [3.8, 4) is 5.75 Å². The maximum Gasteiger partial charge on any atom is 0.275 e. The van der Waals surface area contributed by atoms with Crippen molar-refractivity contribution in [3.63, 3.8) is 0 Å². The molecule has 1 aliphatic rings. The van der Waals surface area contributed by atoms with E-state index in [1.165, 1.54) is 12.1 Å². The number of aliphatic hydroxyl groups excluding tert-OH is 1. The highest BCUT2D eigenvalue weighted by atomic mass is 16.6. The second-order valence-corrected chi connectivity index (χ2v) is 5.42. The van der Waals surface area contributed by atoms with E-state index in [9.17, 15) is 15.2 Å². The standard InChI is InChI=1S/C15H22N2O4/c1-2-7-21-13-9-11(8-12(10-13)17(19)20)16-14-5-3-4-6-15(14)18/h8-10,14-16,18H,2-7H2,1H3. The van der Waals surface area contributed by atoms with Gasteiger partial charge in [-0.1, -0.05) is 19.8 Å². The molecule has 0 aromatic heterocycles. The summed E-state index contributed by atoms with van der Waals surface area (Å²) in [5.41, 5.74) is 0.623. The van der Waals surface area contributed by atoms with Gasteiger partial charge in [0.15, 0.2) is 0 Å². The Hall–Kier alpha value is -1.82. The number of hydrogen-bond acceptors (Lipinski definition) is 5. The number of non-ortho nitro benzene ring substituents is 1. The maximum atomic E-state index is 11.0. The Morgan fingerprint density at radius 3 is 2.81 bits per heavy atom. The van der Waals surface area contributed by atoms with Gasteiger partial charge in [-0.25, -0.2) is 0 Å². The molecule has 1 aromatic rings. The average molecular weight is 294 g/mol. The van der Waals surface area contributed by atoms with E-state index >= 15 is 0 Å². The van der Waals surface area contributed by atoms with Crippen LogP contribution >= 0.6 is 0 Å². The molecule has 0 radical (unpaired) electrons. The van der Waals surface area contributed by atoms with Gasteiger partial charge < -0.3 is 15.2 Å². The first-order valence-electron chi connectivity index (χ1n) is 7.47. The first-order valence-corrected chi connectivity index (χ1v) is 7.47. The number of nitro benzene ring substituents is 1. The van der Waals surface area contributed by atoms with Gasteiger partial charge in [-0.3, -0.25) is 10.1 Å².